The fourth-order valence-electron chi connectivity index (χ4n) is 3.53. The second-order valence-corrected chi connectivity index (χ2v) is 7.86. The zero-order chi connectivity index (χ0) is 22.4. The summed E-state index contributed by atoms with van der Waals surface area (Å²) in [5, 5.41) is 3.38. The van der Waals surface area contributed by atoms with Crippen LogP contribution in [0.3, 0.4) is 0 Å². The van der Waals surface area contributed by atoms with E-state index < -0.39 is 11.7 Å². The zero-order valence-electron chi connectivity index (χ0n) is 16.3. The predicted octanol–water partition coefficient (Wildman–Crippen LogP) is 5.85. The SMILES string of the molecule is Nc1c(C(=O)Nc2cccc(F)c2)c2nc3ccccc3nc2n1-c1ccc(Cl)c(Cl)c1. The van der Waals surface area contributed by atoms with Gasteiger partial charge in [-0.05, 0) is 48.5 Å². The van der Waals surface area contributed by atoms with Gasteiger partial charge in [0.2, 0.25) is 0 Å². The van der Waals surface area contributed by atoms with Crippen molar-refractivity contribution in [2.75, 3.05) is 11.1 Å². The molecular formula is C23H14Cl2FN5O. The molecule has 0 aliphatic rings. The molecule has 0 atom stereocenters. The van der Waals surface area contributed by atoms with E-state index in [0.29, 0.717) is 43.6 Å². The molecule has 2 heterocycles. The van der Waals surface area contributed by atoms with Crippen molar-refractivity contribution in [2.45, 2.75) is 0 Å². The van der Waals surface area contributed by atoms with Crippen LogP contribution in [0.2, 0.25) is 10.0 Å². The first kappa shape index (κ1) is 20.2. The number of hydrogen-bond acceptors (Lipinski definition) is 4. The van der Waals surface area contributed by atoms with Crippen molar-refractivity contribution in [1.29, 1.82) is 0 Å². The molecule has 1 amide bonds. The maximum absolute atomic E-state index is 13.6. The Morgan fingerprint density at radius 3 is 2.41 bits per heavy atom. The minimum absolute atomic E-state index is 0.114. The van der Waals surface area contributed by atoms with Crippen LogP contribution >= 0.6 is 23.2 Å². The number of hydrogen-bond donors (Lipinski definition) is 2. The molecular weight excluding hydrogens is 452 g/mol. The van der Waals surface area contributed by atoms with Crippen molar-refractivity contribution in [2.24, 2.45) is 0 Å². The lowest BCUT2D eigenvalue weighted by Crippen LogP contribution is -2.14. The van der Waals surface area contributed by atoms with Gasteiger partial charge in [0, 0.05) is 5.69 Å². The quantitative estimate of drug-likeness (QED) is 0.349. The van der Waals surface area contributed by atoms with E-state index >= 15 is 0 Å². The van der Waals surface area contributed by atoms with Crippen molar-refractivity contribution < 1.29 is 9.18 Å². The highest BCUT2D eigenvalue weighted by Gasteiger charge is 2.25. The van der Waals surface area contributed by atoms with Crippen molar-refractivity contribution in [3.05, 3.63) is 88.2 Å². The number of para-hydroxylation sites is 2. The van der Waals surface area contributed by atoms with Crippen molar-refractivity contribution in [3.63, 3.8) is 0 Å². The molecule has 158 valence electrons. The number of carbonyl (C=O) groups is 1. The molecule has 0 unspecified atom stereocenters. The van der Waals surface area contributed by atoms with E-state index in [2.05, 4.69) is 10.3 Å². The van der Waals surface area contributed by atoms with Gasteiger partial charge in [-0.1, -0.05) is 41.4 Å². The van der Waals surface area contributed by atoms with E-state index in [4.69, 9.17) is 33.9 Å². The summed E-state index contributed by atoms with van der Waals surface area (Å²) in [7, 11) is 0. The first-order valence-corrected chi connectivity index (χ1v) is 10.3. The zero-order valence-corrected chi connectivity index (χ0v) is 17.8. The molecule has 5 rings (SSSR count). The second kappa shape index (κ2) is 7.78. The lowest BCUT2D eigenvalue weighted by molar-refractivity contribution is 0.102. The molecule has 0 radical (unpaired) electrons. The molecule has 0 saturated carbocycles. The number of nitrogen functional groups attached to an aromatic ring is 1. The number of carbonyl (C=O) groups excluding carboxylic acids is 1. The van der Waals surface area contributed by atoms with Gasteiger partial charge in [0.15, 0.2) is 5.65 Å². The van der Waals surface area contributed by atoms with Gasteiger partial charge in [-0.2, -0.15) is 0 Å². The minimum atomic E-state index is -0.540. The fourth-order valence-corrected chi connectivity index (χ4v) is 3.82. The lowest BCUT2D eigenvalue weighted by Gasteiger charge is -2.09. The van der Waals surface area contributed by atoms with Crippen LogP contribution in [-0.4, -0.2) is 20.4 Å². The molecule has 0 aliphatic carbocycles. The van der Waals surface area contributed by atoms with Gasteiger partial charge in [0.05, 0.1) is 26.8 Å². The number of fused-ring (bicyclic) bond motifs is 2. The Labute approximate surface area is 191 Å². The topological polar surface area (TPSA) is 85.8 Å². The molecule has 6 nitrogen and oxygen atoms in total. The van der Waals surface area contributed by atoms with Gasteiger partial charge in [-0.15, -0.1) is 0 Å². The van der Waals surface area contributed by atoms with Gasteiger partial charge in [0.1, 0.15) is 22.7 Å². The molecule has 0 fully saturated rings. The summed E-state index contributed by atoms with van der Waals surface area (Å²) in [5.74, 6) is -0.899. The monoisotopic (exact) mass is 465 g/mol. The van der Waals surface area contributed by atoms with E-state index in [1.165, 1.54) is 18.2 Å². The number of nitrogens with two attached hydrogens (primary N) is 1. The van der Waals surface area contributed by atoms with Gasteiger partial charge in [-0.25, -0.2) is 14.4 Å². The summed E-state index contributed by atoms with van der Waals surface area (Å²) < 4.78 is 15.2. The predicted molar refractivity (Wildman–Crippen MR) is 125 cm³/mol. The van der Waals surface area contributed by atoms with Gasteiger partial charge >= 0.3 is 0 Å². The summed E-state index contributed by atoms with van der Waals surface area (Å²) in [6, 6.07) is 17.8. The maximum atomic E-state index is 13.6. The number of aromatic nitrogens is 3. The van der Waals surface area contributed by atoms with Crippen LogP contribution in [0.25, 0.3) is 27.9 Å². The summed E-state index contributed by atoms with van der Waals surface area (Å²) in [4.78, 5) is 22.6. The van der Waals surface area contributed by atoms with Gasteiger partial charge < -0.3 is 11.1 Å². The Morgan fingerprint density at radius 2 is 1.69 bits per heavy atom. The third-order valence-electron chi connectivity index (χ3n) is 4.97. The first-order chi connectivity index (χ1) is 15.4. The first-order valence-electron chi connectivity index (χ1n) is 9.51. The Kier molecular flexibility index (Phi) is 4.92. The van der Waals surface area contributed by atoms with Crippen LogP contribution in [0, 0.1) is 5.82 Å². The molecule has 5 aromatic rings. The largest absolute Gasteiger partial charge is 0.384 e. The highest BCUT2D eigenvalue weighted by atomic mass is 35.5. The van der Waals surface area contributed by atoms with Gasteiger partial charge in [0.25, 0.3) is 5.91 Å². The highest BCUT2D eigenvalue weighted by molar-refractivity contribution is 6.42. The third-order valence-corrected chi connectivity index (χ3v) is 5.71. The van der Waals surface area contributed by atoms with Crippen LogP contribution in [0.1, 0.15) is 10.4 Å². The van der Waals surface area contributed by atoms with Crippen LogP contribution in [-0.2, 0) is 0 Å². The average Bonchev–Trinajstić information content (AvgIpc) is 3.05. The molecule has 32 heavy (non-hydrogen) atoms. The number of halogens is 3. The molecule has 2 aromatic heterocycles. The van der Waals surface area contributed by atoms with Crippen LogP contribution in [0.15, 0.2) is 66.7 Å². The number of rotatable bonds is 3. The van der Waals surface area contributed by atoms with Crippen molar-refractivity contribution in [3.8, 4) is 5.69 Å². The van der Waals surface area contributed by atoms with Crippen LogP contribution < -0.4 is 11.1 Å². The number of benzene rings is 3. The Balaban J connectivity index is 1.76. The standard InChI is InChI=1S/C23H14Cl2FN5O/c24-15-9-8-14(11-16(15)25)31-21(27)19(23(32)28-13-5-3-4-12(26)10-13)20-22(31)30-18-7-2-1-6-17(18)29-20/h1-11H,27H2,(H,28,32). The minimum Gasteiger partial charge on any atom is -0.384 e. The van der Waals surface area contributed by atoms with Gasteiger partial charge in [-0.3, -0.25) is 9.36 Å². The number of nitrogens with zero attached hydrogens (tertiary/aromatic N) is 3. The Hall–Kier alpha value is -3.68. The molecule has 0 spiro atoms. The summed E-state index contributed by atoms with van der Waals surface area (Å²) in [6.45, 7) is 0. The fraction of sp³-hybridized carbons (Fsp3) is 0. The van der Waals surface area contributed by atoms with E-state index in [9.17, 15) is 9.18 Å². The highest BCUT2D eigenvalue weighted by Crippen LogP contribution is 2.33. The number of anilines is 2. The maximum Gasteiger partial charge on any atom is 0.261 e. The molecule has 3 N–H and O–H groups in total. The number of amides is 1. The second-order valence-electron chi connectivity index (χ2n) is 7.04. The summed E-state index contributed by atoms with van der Waals surface area (Å²) >= 11 is 12.3. The lowest BCUT2D eigenvalue weighted by atomic mass is 10.2. The molecule has 0 saturated heterocycles. The van der Waals surface area contributed by atoms with E-state index in [0.717, 1.165) is 0 Å². The van der Waals surface area contributed by atoms with Crippen LogP contribution in [0.4, 0.5) is 15.9 Å². The summed E-state index contributed by atoms with van der Waals surface area (Å²) in [5.41, 5.74) is 9.35. The molecule has 9 heteroatoms. The van der Waals surface area contributed by atoms with Crippen molar-refractivity contribution >= 4 is 62.8 Å². The Bertz CT molecular complexity index is 1530. The Morgan fingerprint density at radius 1 is 0.938 bits per heavy atom. The van der Waals surface area contributed by atoms with Crippen LogP contribution in [0.5, 0.6) is 0 Å². The van der Waals surface area contributed by atoms with E-state index in [1.807, 2.05) is 18.2 Å². The van der Waals surface area contributed by atoms with E-state index in [-0.39, 0.29) is 11.4 Å². The normalized spacial score (nSPS) is 11.2. The molecule has 0 bridgehead atoms. The van der Waals surface area contributed by atoms with E-state index in [1.54, 1.807) is 34.9 Å². The summed E-state index contributed by atoms with van der Waals surface area (Å²) in [6.07, 6.45) is 0. The van der Waals surface area contributed by atoms with Crippen molar-refractivity contribution in [1.82, 2.24) is 14.5 Å². The average molecular weight is 466 g/mol. The smallest absolute Gasteiger partial charge is 0.261 e. The molecule has 0 aliphatic heterocycles. The number of nitrogens with one attached hydrogen (secondary N) is 1. The molecule has 3 aromatic carbocycles. The third kappa shape index (κ3) is 3.41.